The van der Waals surface area contributed by atoms with E-state index in [-0.39, 0.29) is 30.2 Å². The topological polar surface area (TPSA) is 149 Å². The summed E-state index contributed by atoms with van der Waals surface area (Å²) in [6.07, 6.45) is 0. The van der Waals surface area contributed by atoms with Crippen molar-refractivity contribution in [3.63, 3.8) is 0 Å². The van der Waals surface area contributed by atoms with Gasteiger partial charge in [-0.1, -0.05) is 23.1 Å². The fourth-order valence-electron chi connectivity index (χ4n) is 3.31. The number of nitro groups is 1. The van der Waals surface area contributed by atoms with E-state index in [0.29, 0.717) is 9.90 Å². The van der Waals surface area contributed by atoms with Crippen LogP contribution in [0.15, 0.2) is 28.0 Å². The van der Waals surface area contributed by atoms with Crippen LogP contribution in [0.3, 0.4) is 0 Å². The van der Waals surface area contributed by atoms with Crippen LogP contribution < -0.4 is 4.87 Å². The number of phenolic OH excluding ortho intramolecular Hbond substituents is 1. The highest BCUT2D eigenvalue weighted by Crippen LogP contribution is 2.51. The number of non-ortho nitro benzene ring substituents is 1. The minimum absolute atomic E-state index is 0.0411. The van der Waals surface area contributed by atoms with E-state index in [4.69, 9.17) is 9.47 Å². The summed E-state index contributed by atoms with van der Waals surface area (Å²) < 4.78 is 10.3. The van der Waals surface area contributed by atoms with Crippen molar-refractivity contribution in [2.75, 3.05) is 13.2 Å². The van der Waals surface area contributed by atoms with Crippen molar-refractivity contribution < 1.29 is 29.1 Å². The molecule has 1 aromatic heterocycles. The van der Waals surface area contributed by atoms with E-state index in [9.17, 15) is 29.6 Å². The van der Waals surface area contributed by atoms with E-state index in [0.717, 1.165) is 41.3 Å². The Morgan fingerprint density at radius 2 is 1.90 bits per heavy atom. The molecular formula is C18H18N2O8S2. The van der Waals surface area contributed by atoms with Gasteiger partial charge in [-0.15, -0.1) is 0 Å². The van der Waals surface area contributed by atoms with Gasteiger partial charge in [0.05, 0.1) is 29.1 Å². The van der Waals surface area contributed by atoms with Gasteiger partial charge in [-0.25, -0.2) is 0 Å². The van der Waals surface area contributed by atoms with Crippen molar-refractivity contribution in [2.45, 2.75) is 30.0 Å². The lowest BCUT2D eigenvalue weighted by atomic mass is 9.81. The molecule has 2 heterocycles. The SMILES string of the molecule is CCOC(=O)[C@H]1[C@H](c2cc([N+](=O)[O-])ccc2O)c2sc(=O)[nH]c2S[C@H]1C(=O)OCC. The molecule has 30 heavy (non-hydrogen) atoms. The molecule has 2 N–H and O–H groups in total. The normalized spacial score (nSPS) is 20.3. The number of carbonyl (C=O) groups excluding carboxylic acids is 2. The maximum atomic E-state index is 12.9. The average molecular weight is 454 g/mol. The van der Waals surface area contributed by atoms with Gasteiger partial charge in [-0.05, 0) is 19.9 Å². The number of ether oxygens (including phenoxy) is 2. The quantitative estimate of drug-likeness (QED) is 0.381. The van der Waals surface area contributed by atoms with Crippen molar-refractivity contribution in [1.82, 2.24) is 4.98 Å². The molecule has 1 aliphatic heterocycles. The minimum Gasteiger partial charge on any atom is -0.508 e. The number of nitrogens with zero attached hydrogens (tertiary/aromatic N) is 1. The fourth-order valence-corrected chi connectivity index (χ4v) is 5.77. The fraction of sp³-hybridized carbons (Fsp3) is 0.389. The number of carbonyl (C=O) groups is 2. The van der Waals surface area contributed by atoms with Gasteiger partial charge in [0.2, 0.25) is 0 Å². The second-order valence-corrected chi connectivity index (χ2v) is 8.42. The molecule has 1 aromatic carbocycles. The Kier molecular flexibility index (Phi) is 6.46. The van der Waals surface area contributed by atoms with E-state index >= 15 is 0 Å². The Balaban J connectivity index is 2.25. The van der Waals surface area contributed by atoms with E-state index in [1.54, 1.807) is 13.8 Å². The number of rotatable bonds is 6. The number of hydrogen-bond donors (Lipinski definition) is 2. The first-order valence-electron chi connectivity index (χ1n) is 8.98. The molecule has 160 valence electrons. The number of thiazole rings is 1. The van der Waals surface area contributed by atoms with Gasteiger partial charge in [-0.2, -0.15) is 0 Å². The third-order valence-electron chi connectivity index (χ3n) is 4.49. The van der Waals surface area contributed by atoms with E-state index in [1.807, 2.05) is 0 Å². The summed E-state index contributed by atoms with van der Waals surface area (Å²) in [5.41, 5.74) is -0.255. The van der Waals surface area contributed by atoms with Crippen molar-refractivity contribution in [3.8, 4) is 5.75 Å². The highest BCUT2D eigenvalue weighted by molar-refractivity contribution is 8.00. The zero-order valence-corrected chi connectivity index (χ0v) is 17.6. The van der Waals surface area contributed by atoms with Crippen LogP contribution >= 0.6 is 23.1 Å². The first-order valence-corrected chi connectivity index (χ1v) is 10.7. The molecule has 2 aromatic rings. The number of nitrogens with one attached hydrogen (secondary N) is 1. The number of phenols is 1. The summed E-state index contributed by atoms with van der Waals surface area (Å²) in [6.45, 7) is 3.34. The van der Waals surface area contributed by atoms with Crippen LogP contribution in [0.4, 0.5) is 5.69 Å². The molecule has 0 aliphatic carbocycles. The van der Waals surface area contributed by atoms with Gasteiger partial charge in [0.15, 0.2) is 0 Å². The molecule has 10 nitrogen and oxygen atoms in total. The molecule has 12 heteroatoms. The molecule has 1 aliphatic rings. The zero-order valence-electron chi connectivity index (χ0n) is 15.9. The summed E-state index contributed by atoms with van der Waals surface area (Å²) in [4.78, 5) is 50.8. The molecule has 0 unspecified atom stereocenters. The zero-order chi connectivity index (χ0) is 22.0. The largest absolute Gasteiger partial charge is 0.508 e. The van der Waals surface area contributed by atoms with Crippen molar-refractivity contribution >= 4 is 40.7 Å². The molecule has 0 saturated heterocycles. The molecule has 0 bridgehead atoms. The third-order valence-corrected chi connectivity index (χ3v) is 6.88. The van der Waals surface area contributed by atoms with Gasteiger partial charge in [0.25, 0.3) is 5.69 Å². The molecule has 0 radical (unpaired) electrons. The second kappa shape index (κ2) is 8.88. The number of esters is 2. The monoisotopic (exact) mass is 454 g/mol. The Morgan fingerprint density at radius 1 is 1.23 bits per heavy atom. The van der Waals surface area contributed by atoms with E-state index < -0.39 is 38.8 Å². The van der Waals surface area contributed by atoms with Crippen LogP contribution in [0.25, 0.3) is 0 Å². The first-order chi connectivity index (χ1) is 14.3. The summed E-state index contributed by atoms with van der Waals surface area (Å²) in [5.74, 6) is -3.90. The second-order valence-electron chi connectivity index (χ2n) is 6.25. The van der Waals surface area contributed by atoms with Crippen LogP contribution in [0, 0.1) is 16.0 Å². The molecule has 0 fully saturated rings. The molecule has 0 amide bonds. The Bertz CT molecular complexity index is 1050. The van der Waals surface area contributed by atoms with E-state index in [1.165, 1.54) is 0 Å². The number of hydrogen-bond acceptors (Lipinski definition) is 10. The lowest BCUT2D eigenvalue weighted by Crippen LogP contribution is -2.41. The molecule has 0 saturated carbocycles. The molecular weight excluding hydrogens is 436 g/mol. The number of thioether (sulfide) groups is 1. The predicted molar refractivity (Wildman–Crippen MR) is 108 cm³/mol. The number of H-pyrrole nitrogens is 1. The number of nitro benzene ring substituents is 1. The number of aromatic amines is 1. The minimum atomic E-state index is -1.17. The van der Waals surface area contributed by atoms with Crippen LogP contribution in [0.1, 0.15) is 30.2 Å². The Hall–Kier alpha value is -2.86. The number of benzene rings is 1. The van der Waals surface area contributed by atoms with E-state index in [2.05, 4.69) is 4.98 Å². The van der Waals surface area contributed by atoms with Gasteiger partial charge in [0.1, 0.15) is 11.0 Å². The number of aromatic hydroxyl groups is 1. The van der Waals surface area contributed by atoms with Gasteiger partial charge >= 0.3 is 16.8 Å². The molecule has 3 rings (SSSR count). The molecule has 0 spiro atoms. The van der Waals surface area contributed by atoms with Crippen molar-refractivity contribution in [2.24, 2.45) is 5.92 Å². The smallest absolute Gasteiger partial charge is 0.320 e. The standard InChI is InChI=1S/C18H18N2O8S2/c1-3-27-16(22)12-11(9-7-8(20(25)26)5-6-10(9)21)13-15(19-18(24)30-13)29-14(12)17(23)28-4-2/h5-7,11-12,14,21H,3-4H2,1-2H3,(H,19,24)/t11-,12-,14+/m0/s1. The highest BCUT2D eigenvalue weighted by atomic mass is 32.2. The summed E-state index contributed by atoms with van der Waals surface area (Å²) >= 11 is 1.78. The molecule has 3 atom stereocenters. The van der Waals surface area contributed by atoms with Gasteiger partial charge < -0.3 is 19.6 Å². The summed E-state index contributed by atoms with van der Waals surface area (Å²) in [5, 5.41) is 21.0. The lowest BCUT2D eigenvalue weighted by Gasteiger charge is -2.34. The van der Waals surface area contributed by atoms with Crippen LogP contribution in [-0.2, 0) is 19.1 Å². The maximum Gasteiger partial charge on any atom is 0.320 e. The Labute approximate surface area is 178 Å². The van der Waals surface area contributed by atoms with Crippen LogP contribution in [0.2, 0.25) is 0 Å². The average Bonchev–Trinajstić information content (AvgIpc) is 3.07. The van der Waals surface area contributed by atoms with Crippen molar-refractivity contribution in [3.05, 3.63) is 48.4 Å². The Morgan fingerprint density at radius 3 is 2.53 bits per heavy atom. The number of fused-ring (bicyclic) bond motifs is 1. The van der Waals surface area contributed by atoms with Crippen LogP contribution in [0.5, 0.6) is 5.75 Å². The van der Waals surface area contributed by atoms with Gasteiger partial charge in [0, 0.05) is 28.5 Å². The van der Waals surface area contributed by atoms with Crippen molar-refractivity contribution in [1.29, 1.82) is 0 Å². The lowest BCUT2D eigenvalue weighted by molar-refractivity contribution is -0.385. The highest BCUT2D eigenvalue weighted by Gasteiger charge is 2.50. The predicted octanol–water partition coefficient (Wildman–Crippen LogP) is 2.40. The van der Waals surface area contributed by atoms with Crippen LogP contribution in [-0.4, -0.2) is 45.4 Å². The maximum absolute atomic E-state index is 12.9. The first kappa shape index (κ1) is 21.8. The number of aromatic nitrogens is 1. The summed E-state index contributed by atoms with van der Waals surface area (Å²) in [7, 11) is 0. The third kappa shape index (κ3) is 4.05. The van der Waals surface area contributed by atoms with Gasteiger partial charge in [-0.3, -0.25) is 24.5 Å². The summed E-state index contributed by atoms with van der Waals surface area (Å²) in [6, 6.07) is 3.41.